The number of rotatable bonds is 4. The van der Waals surface area contributed by atoms with Crippen molar-refractivity contribution in [3.63, 3.8) is 0 Å². The van der Waals surface area contributed by atoms with Crippen LogP contribution in [0.15, 0.2) is 60.9 Å². The molecule has 30 heavy (non-hydrogen) atoms. The highest BCUT2D eigenvalue weighted by molar-refractivity contribution is 6.30. The van der Waals surface area contributed by atoms with Crippen LogP contribution in [-0.2, 0) is 4.79 Å². The number of halogens is 1. The molecule has 6 heteroatoms. The van der Waals surface area contributed by atoms with Crippen molar-refractivity contribution in [1.29, 1.82) is 0 Å². The van der Waals surface area contributed by atoms with Crippen LogP contribution < -0.4 is 4.74 Å². The Morgan fingerprint density at radius 3 is 2.20 bits per heavy atom. The normalized spacial score (nSPS) is 10.8. The molecule has 4 aromatic rings. The first-order chi connectivity index (χ1) is 14.4. The van der Waals surface area contributed by atoms with Gasteiger partial charge in [-0.2, -0.15) is 0 Å². The molecule has 2 aromatic heterocycles. The summed E-state index contributed by atoms with van der Waals surface area (Å²) in [6.45, 7) is 5.35. The number of hydrogen-bond acceptors (Lipinski definition) is 4. The Bertz CT molecular complexity index is 1190. The van der Waals surface area contributed by atoms with E-state index < -0.39 is 0 Å². The predicted molar refractivity (Wildman–Crippen MR) is 118 cm³/mol. The van der Waals surface area contributed by atoms with Crippen LogP contribution in [0.4, 0.5) is 0 Å². The van der Waals surface area contributed by atoms with Gasteiger partial charge >= 0.3 is 5.97 Å². The van der Waals surface area contributed by atoms with Crippen LogP contribution in [0.3, 0.4) is 0 Å². The van der Waals surface area contributed by atoms with Gasteiger partial charge in [-0.15, -0.1) is 0 Å². The number of imidazole rings is 1. The van der Waals surface area contributed by atoms with Crippen LogP contribution >= 0.6 is 11.6 Å². The lowest BCUT2D eigenvalue weighted by Gasteiger charge is -2.10. The Morgan fingerprint density at radius 2 is 1.60 bits per heavy atom. The van der Waals surface area contributed by atoms with Crippen LogP contribution in [0, 0.1) is 13.8 Å². The molecule has 150 valence electrons. The molecular formula is C24H20ClN3O2. The van der Waals surface area contributed by atoms with E-state index in [1.165, 1.54) is 6.92 Å². The minimum Gasteiger partial charge on any atom is -0.427 e. The Labute approximate surface area is 179 Å². The molecule has 0 aliphatic rings. The highest BCUT2D eigenvalue weighted by Crippen LogP contribution is 2.36. The van der Waals surface area contributed by atoms with Crippen molar-refractivity contribution >= 4 is 17.6 Å². The number of ether oxygens (including phenoxy) is 1. The molecular weight excluding hydrogens is 398 g/mol. The summed E-state index contributed by atoms with van der Waals surface area (Å²) >= 11 is 6.08. The molecule has 0 atom stereocenters. The lowest BCUT2D eigenvalue weighted by Crippen LogP contribution is -2.02. The maximum Gasteiger partial charge on any atom is 0.308 e. The molecule has 5 nitrogen and oxygen atoms in total. The van der Waals surface area contributed by atoms with Crippen molar-refractivity contribution < 1.29 is 9.53 Å². The highest BCUT2D eigenvalue weighted by Gasteiger charge is 2.18. The molecule has 4 rings (SSSR count). The van der Waals surface area contributed by atoms with Gasteiger partial charge in [0.05, 0.1) is 11.4 Å². The zero-order chi connectivity index (χ0) is 21.3. The third-order valence-corrected chi connectivity index (χ3v) is 5.05. The van der Waals surface area contributed by atoms with E-state index in [0.29, 0.717) is 10.8 Å². The number of benzene rings is 2. The van der Waals surface area contributed by atoms with Crippen molar-refractivity contribution in [1.82, 2.24) is 15.0 Å². The number of aromatic nitrogens is 3. The first-order valence-corrected chi connectivity index (χ1v) is 9.86. The van der Waals surface area contributed by atoms with Gasteiger partial charge in [0.15, 0.2) is 0 Å². The fourth-order valence-corrected chi connectivity index (χ4v) is 3.68. The molecule has 0 unspecified atom stereocenters. The standard InChI is InChI=1S/C24H20ClN3O2/c1-14-12-20(30-16(3)29)13-15(2)21(14)24-27-22(17-4-6-19(25)7-5-17)23(28-24)18-8-10-26-11-9-18/h4-13H,1-3H3,(H,27,28). The minimum atomic E-state index is -0.343. The van der Waals surface area contributed by atoms with E-state index in [0.717, 1.165) is 45.0 Å². The summed E-state index contributed by atoms with van der Waals surface area (Å²) in [5.74, 6) is 0.931. The number of H-pyrrole nitrogens is 1. The van der Waals surface area contributed by atoms with Crippen LogP contribution in [0.25, 0.3) is 33.9 Å². The molecule has 1 N–H and O–H groups in total. The molecule has 0 saturated carbocycles. The van der Waals surface area contributed by atoms with E-state index >= 15 is 0 Å². The first-order valence-electron chi connectivity index (χ1n) is 9.49. The zero-order valence-corrected chi connectivity index (χ0v) is 17.6. The molecule has 0 aliphatic carbocycles. The van der Waals surface area contributed by atoms with Crippen molar-refractivity contribution in [3.05, 3.63) is 77.1 Å². The number of hydrogen-bond donors (Lipinski definition) is 1. The third kappa shape index (κ3) is 3.98. The summed E-state index contributed by atoms with van der Waals surface area (Å²) in [5, 5.41) is 0.677. The summed E-state index contributed by atoms with van der Waals surface area (Å²) in [4.78, 5) is 23.9. The number of aromatic amines is 1. The third-order valence-electron chi connectivity index (χ3n) is 4.80. The number of esters is 1. The van der Waals surface area contributed by atoms with E-state index in [9.17, 15) is 4.79 Å². The highest BCUT2D eigenvalue weighted by atomic mass is 35.5. The van der Waals surface area contributed by atoms with Crippen molar-refractivity contribution in [3.8, 4) is 39.7 Å². The summed E-state index contributed by atoms with van der Waals surface area (Å²) in [7, 11) is 0. The van der Waals surface area contributed by atoms with E-state index in [1.807, 2.05) is 62.4 Å². The maximum absolute atomic E-state index is 11.3. The summed E-state index contributed by atoms with van der Waals surface area (Å²) in [6, 6.07) is 15.2. The Hall–Kier alpha value is -3.44. The van der Waals surface area contributed by atoms with Crippen LogP contribution in [0.5, 0.6) is 5.75 Å². The molecule has 0 fully saturated rings. The number of carbonyl (C=O) groups is 1. The van der Waals surface area contributed by atoms with Gasteiger partial charge in [-0.25, -0.2) is 4.98 Å². The van der Waals surface area contributed by atoms with E-state index in [4.69, 9.17) is 21.3 Å². The second kappa shape index (κ2) is 8.13. The molecule has 0 amide bonds. The van der Waals surface area contributed by atoms with Gasteiger partial charge in [0.25, 0.3) is 0 Å². The Balaban J connectivity index is 1.88. The molecule has 0 aliphatic heterocycles. The minimum absolute atomic E-state index is 0.343. The largest absolute Gasteiger partial charge is 0.427 e. The quantitative estimate of drug-likeness (QED) is 0.326. The topological polar surface area (TPSA) is 67.9 Å². The molecule has 0 radical (unpaired) electrons. The average Bonchev–Trinajstić information content (AvgIpc) is 3.13. The Kier molecular flexibility index (Phi) is 5.38. The number of aryl methyl sites for hydroxylation is 2. The molecule has 0 spiro atoms. The monoisotopic (exact) mass is 417 g/mol. The maximum atomic E-state index is 11.3. The van der Waals surface area contributed by atoms with Crippen LogP contribution in [-0.4, -0.2) is 20.9 Å². The van der Waals surface area contributed by atoms with Crippen molar-refractivity contribution in [2.75, 3.05) is 0 Å². The zero-order valence-electron chi connectivity index (χ0n) is 16.9. The van der Waals surface area contributed by atoms with Gasteiger partial charge in [0, 0.05) is 41.0 Å². The summed E-state index contributed by atoms with van der Waals surface area (Å²) in [6.07, 6.45) is 3.50. The van der Waals surface area contributed by atoms with Gasteiger partial charge in [-0.05, 0) is 61.4 Å². The van der Waals surface area contributed by atoms with Gasteiger partial charge in [-0.3, -0.25) is 9.78 Å². The molecule has 2 heterocycles. The molecule has 0 bridgehead atoms. The Morgan fingerprint density at radius 1 is 0.967 bits per heavy atom. The summed E-state index contributed by atoms with van der Waals surface area (Å²) < 4.78 is 5.26. The second-order valence-corrected chi connectivity index (χ2v) is 7.51. The first kappa shape index (κ1) is 19.9. The van der Waals surface area contributed by atoms with E-state index in [1.54, 1.807) is 12.4 Å². The molecule has 2 aromatic carbocycles. The van der Waals surface area contributed by atoms with Crippen molar-refractivity contribution in [2.24, 2.45) is 0 Å². The lowest BCUT2D eigenvalue weighted by atomic mass is 10.0. The van der Waals surface area contributed by atoms with Crippen molar-refractivity contribution in [2.45, 2.75) is 20.8 Å². The molecule has 0 saturated heterocycles. The van der Waals surface area contributed by atoms with E-state index in [-0.39, 0.29) is 5.97 Å². The number of carbonyl (C=O) groups excluding carboxylic acids is 1. The number of pyridine rings is 1. The van der Waals surface area contributed by atoms with E-state index in [2.05, 4.69) is 9.97 Å². The fraction of sp³-hybridized carbons (Fsp3) is 0.125. The van der Waals surface area contributed by atoms with Gasteiger partial charge in [0.1, 0.15) is 11.6 Å². The lowest BCUT2D eigenvalue weighted by molar-refractivity contribution is -0.131. The van der Waals surface area contributed by atoms with Gasteiger partial charge in [0.2, 0.25) is 0 Å². The SMILES string of the molecule is CC(=O)Oc1cc(C)c(-c2nc(-c3ccncc3)c(-c3ccc(Cl)cc3)[nH]2)c(C)c1. The smallest absolute Gasteiger partial charge is 0.308 e. The van der Waals surface area contributed by atoms with Crippen LogP contribution in [0.2, 0.25) is 5.02 Å². The summed E-state index contributed by atoms with van der Waals surface area (Å²) in [5.41, 5.74) is 6.57. The van der Waals surface area contributed by atoms with Gasteiger partial charge in [-0.1, -0.05) is 23.7 Å². The van der Waals surface area contributed by atoms with Gasteiger partial charge < -0.3 is 9.72 Å². The predicted octanol–water partition coefficient (Wildman–Crippen LogP) is 6.00. The number of nitrogens with one attached hydrogen (secondary N) is 1. The second-order valence-electron chi connectivity index (χ2n) is 7.08. The average molecular weight is 418 g/mol. The van der Waals surface area contributed by atoms with Crippen LogP contribution in [0.1, 0.15) is 18.1 Å². The number of nitrogens with zero attached hydrogens (tertiary/aromatic N) is 2. The fourth-order valence-electron chi connectivity index (χ4n) is 3.56.